The molecule has 0 aliphatic rings. The van der Waals surface area contributed by atoms with E-state index in [0.29, 0.717) is 5.69 Å². The highest BCUT2D eigenvalue weighted by Crippen LogP contribution is 2.15. The maximum atomic E-state index is 11.8. The summed E-state index contributed by atoms with van der Waals surface area (Å²) in [4.78, 5) is 33.5. The van der Waals surface area contributed by atoms with E-state index in [9.17, 15) is 19.7 Å². The largest absolute Gasteiger partial charge is 0.319 e. The van der Waals surface area contributed by atoms with Gasteiger partial charge in [-0.1, -0.05) is 30.3 Å². The van der Waals surface area contributed by atoms with Crippen molar-refractivity contribution in [3.05, 3.63) is 70.3 Å². The zero-order valence-corrected chi connectivity index (χ0v) is 10.3. The molecule has 0 atom stereocenters. The molecule has 2 aromatic rings. The summed E-state index contributed by atoms with van der Waals surface area (Å²) in [5.41, 5.74) is 0.522. The number of rotatable bonds is 4. The van der Waals surface area contributed by atoms with Crippen LogP contribution in [-0.4, -0.2) is 16.6 Å². The van der Waals surface area contributed by atoms with Crippen LogP contribution < -0.4 is 5.32 Å². The third-order valence-electron chi connectivity index (χ3n) is 2.58. The van der Waals surface area contributed by atoms with E-state index in [1.54, 1.807) is 18.2 Å². The number of hydrogen-bond acceptors (Lipinski definition) is 4. The highest BCUT2D eigenvalue weighted by Gasteiger charge is 2.16. The summed E-state index contributed by atoms with van der Waals surface area (Å²) in [7, 11) is 0. The van der Waals surface area contributed by atoms with Crippen molar-refractivity contribution in [3.8, 4) is 0 Å². The van der Waals surface area contributed by atoms with Crippen molar-refractivity contribution in [2.45, 2.75) is 0 Å². The number of benzene rings is 2. The predicted octanol–water partition coefficient (Wildman–Crippen LogP) is 2.42. The number of hydrogen-bond donors (Lipinski definition) is 1. The van der Waals surface area contributed by atoms with Gasteiger partial charge in [0.15, 0.2) is 0 Å². The SMILES string of the molecule is O=C(Nc1ccc([N+](=O)[O-])cc1)C(=O)c1ccccc1. The second kappa shape index (κ2) is 5.75. The number of carbonyl (C=O) groups excluding carboxylic acids is 2. The maximum Gasteiger partial charge on any atom is 0.296 e. The van der Waals surface area contributed by atoms with E-state index in [4.69, 9.17) is 0 Å². The first-order valence-electron chi connectivity index (χ1n) is 5.73. The molecule has 0 spiro atoms. The molecule has 0 fully saturated rings. The van der Waals surface area contributed by atoms with Crippen LogP contribution in [0.2, 0.25) is 0 Å². The summed E-state index contributed by atoms with van der Waals surface area (Å²) < 4.78 is 0. The zero-order chi connectivity index (χ0) is 14.5. The first-order chi connectivity index (χ1) is 9.58. The van der Waals surface area contributed by atoms with E-state index in [2.05, 4.69) is 5.32 Å². The zero-order valence-electron chi connectivity index (χ0n) is 10.3. The number of Topliss-reactive ketones (excluding diaryl/α,β-unsaturated/α-hetero) is 1. The number of nitrogens with one attached hydrogen (secondary N) is 1. The van der Waals surface area contributed by atoms with Gasteiger partial charge in [-0.15, -0.1) is 0 Å². The van der Waals surface area contributed by atoms with Gasteiger partial charge < -0.3 is 5.32 Å². The Labute approximate surface area is 114 Å². The lowest BCUT2D eigenvalue weighted by atomic mass is 10.1. The van der Waals surface area contributed by atoms with Gasteiger partial charge in [0.25, 0.3) is 17.4 Å². The summed E-state index contributed by atoms with van der Waals surface area (Å²) in [5.74, 6) is -1.45. The van der Waals surface area contributed by atoms with Crippen molar-refractivity contribution >= 4 is 23.1 Å². The summed E-state index contributed by atoms with van der Waals surface area (Å²) in [5, 5.41) is 12.9. The fourth-order valence-corrected chi connectivity index (χ4v) is 1.57. The topological polar surface area (TPSA) is 89.3 Å². The fraction of sp³-hybridized carbons (Fsp3) is 0. The van der Waals surface area contributed by atoms with E-state index in [1.807, 2.05) is 0 Å². The molecule has 0 unspecified atom stereocenters. The molecule has 0 bridgehead atoms. The minimum absolute atomic E-state index is 0.0858. The van der Waals surface area contributed by atoms with E-state index >= 15 is 0 Å². The summed E-state index contributed by atoms with van der Waals surface area (Å²) in [6, 6.07) is 13.4. The smallest absolute Gasteiger partial charge is 0.296 e. The molecule has 2 aromatic carbocycles. The number of amides is 1. The Hall–Kier alpha value is -3.02. The average molecular weight is 270 g/mol. The molecular formula is C14H10N2O4. The quantitative estimate of drug-likeness (QED) is 0.400. The minimum Gasteiger partial charge on any atom is -0.319 e. The van der Waals surface area contributed by atoms with Gasteiger partial charge in [-0.2, -0.15) is 0 Å². The number of non-ortho nitro benzene ring substituents is 1. The van der Waals surface area contributed by atoms with Crippen LogP contribution in [0, 0.1) is 10.1 Å². The Morgan fingerprint density at radius 1 is 0.950 bits per heavy atom. The van der Waals surface area contributed by atoms with Crippen LogP contribution >= 0.6 is 0 Å². The molecule has 6 heteroatoms. The Bertz CT molecular complexity index is 651. The molecule has 100 valence electrons. The molecule has 0 heterocycles. The van der Waals surface area contributed by atoms with Crippen LogP contribution in [0.3, 0.4) is 0 Å². The van der Waals surface area contributed by atoms with Crippen molar-refractivity contribution in [1.29, 1.82) is 0 Å². The van der Waals surface area contributed by atoms with Gasteiger partial charge in [-0.05, 0) is 12.1 Å². The number of nitro groups is 1. The molecule has 1 amide bonds. The normalized spacial score (nSPS) is 9.80. The molecule has 2 rings (SSSR count). The van der Waals surface area contributed by atoms with Crippen molar-refractivity contribution in [2.75, 3.05) is 5.32 Å². The monoisotopic (exact) mass is 270 g/mol. The van der Waals surface area contributed by atoms with Crippen molar-refractivity contribution in [2.24, 2.45) is 0 Å². The molecule has 0 aliphatic heterocycles. The molecular weight excluding hydrogens is 260 g/mol. The number of nitro benzene ring substituents is 1. The summed E-state index contributed by atoms with van der Waals surface area (Å²) in [6.45, 7) is 0. The minimum atomic E-state index is -0.787. The maximum absolute atomic E-state index is 11.8. The Morgan fingerprint density at radius 3 is 2.10 bits per heavy atom. The molecule has 0 saturated heterocycles. The highest BCUT2D eigenvalue weighted by molar-refractivity contribution is 6.46. The third-order valence-corrected chi connectivity index (χ3v) is 2.58. The average Bonchev–Trinajstić information content (AvgIpc) is 2.48. The van der Waals surface area contributed by atoms with E-state index in [0.717, 1.165) is 0 Å². The van der Waals surface area contributed by atoms with Crippen LogP contribution in [0.25, 0.3) is 0 Å². The van der Waals surface area contributed by atoms with Crippen molar-refractivity contribution in [1.82, 2.24) is 0 Å². The number of carbonyl (C=O) groups is 2. The number of nitrogens with zero attached hydrogens (tertiary/aromatic N) is 1. The van der Waals surface area contributed by atoms with Gasteiger partial charge in [-0.3, -0.25) is 19.7 Å². The van der Waals surface area contributed by atoms with Gasteiger partial charge in [0, 0.05) is 23.4 Å². The lowest BCUT2D eigenvalue weighted by Gasteiger charge is -2.04. The second-order valence-electron chi connectivity index (χ2n) is 3.95. The molecule has 0 saturated carbocycles. The summed E-state index contributed by atoms with van der Waals surface area (Å²) >= 11 is 0. The highest BCUT2D eigenvalue weighted by atomic mass is 16.6. The fourth-order valence-electron chi connectivity index (χ4n) is 1.57. The predicted molar refractivity (Wildman–Crippen MR) is 72.5 cm³/mol. The van der Waals surface area contributed by atoms with Gasteiger partial charge in [-0.25, -0.2) is 0 Å². The van der Waals surface area contributed by atoms with Gasteiger partial charge in [0.2, 0.25) is 0 Å². The van der Waals surface area contributed by atoms with Crippen LogP contribution in [0.5, 0.6) is 0 Å². The van der Waals surface area contributed by atoms with Crippen molar-refractivity contribution in [3.63, 3.8) is 0 Å². The van der Waals surface area contributed by atoms with E-state index < -0.39 is 16.6 Å². The third kappa shape index (κ3) is 3.05. The van der Waals surface area contributed by atoms with Crippen LogP contribution in [0.1, 0.15) is 10.4 Å². The Kier molecular flexibility index (Phi) is 3.85. The molecule has 0 radical (unpaired) electrons. The van der Waals surface area contributed by atoms with Gasteiger partial charge in [0.1, 0.15) is 0 Å². The second-order valence-corrected chi connectivity index (χ2v) is 3.95. The lowest BCUT2D eigenvalue weighted by Crippen LogP contribution is -2.22. The van der Waals surface area contributed by atoms with Crippen LogP contribution in [0.15, 0.2) is 54.6 Å². The van der Waals surface area contributed by atoms with E-state index in [1.165, 1.54) is 36.4 Å². The first kappa shape index (κ1) is 13.4. The van der Waals surface area contributed by atoms with Crippen molar-refractivity contribution < 1.29 is 14.5 Å². The number of anilines is 1. The molecule has 0 aliphatic carbocycles. The summed E-state index contributed by atoms with van der Waals surface area (Å²) in [6.07, 6.45) is 0. The van der Waals surface area contributed by atoms with Crippen LogP contribution in [-0.2, 0) is 4.79 Å². The number of ketones is 1. The Balaban J connectivity index is 2.08. The first-order valence-corrected chi connectivity index (χ1v) is 5.73. The molecule has 6 nitrogen and oxygen atoms in total. The standard InChI is InChI=1S/C14H10N2O4/c17-13(10-4-2-1-3-5-10)14(18)15-11-6-8-12(9-7-11)16(19)20/h1-9H,(H,15,18). The van der Waals surface area contributed by atoms with E-state index in [-0.39, 0.29) is 11.3 Å². The van der Waals surface area contributed by atoms with Crippen LogP contribution in [0.4, 0.5) is 11.4 Å². The lowest BCUT2D eigenvalue weighted by molar-refractivity contribution is -0.384. The molecule has 20 heavy (non-hydrogen) atoms. The van der Waals surface area contributed by atoms with Gasteiger partial charge >= 0.3 is 0 Å². The Morgan fingerprint density at radius 2 is 1.55 bits per heavy atom. The van der Waals surface area contributed by atoms with Gasteiger partial charge in [0.05, 0.1) is 4.92 Å². The molecule has 1 N–H and O–H groups in total. The molecule has 0 aromatic heterocycles.